The molecule has 28 heavy (non-hydrogen) atoms. The first-order valence-electron chi connectivity index (χ1n) is 10.0. The fourth-order valence-electron chi connectivity index (χ4n) is 3.38. The predicted octanol–water partition coefficient (Wildman–Crippen LogP) is 1.77. The summed E-state index contributed by atoms with van der Waals surface area (Å²) in [5.74, 6) is 1.98. The van der Waals surface area contributed by atoms with E-state index in [1.165, 1.54) is 11.3 Å². The number of hydrogen-bond acceptors (Lipinski definition) is 4. The topological polar surface area (TPSA) is 51.9 Å². The van der Waals surface area contributed by atoms with Crippen LogP contribution in [0.2, 0.25) is 0 Å². The summed E-state index contributed by atoms with van der Waals surface area (Å²) in [7, 11) is 6.32. The van der Waals surface area contributed by atoms with Crippen molar-refractivity contribution in [2.24, 2.45) is 12.0 Å². The molecule has 1 N–H and O–H groups in total. The van der Waals surface area contributed by atoms with Crippen molar-refractivity contribution in [2.75, 3.05) is 51.7 Å². The number of aliphatic imine (C=N–C) groups is 1. The molecule has 0 saturated carbocycles. The Morgan fingerprint density at radius 2 is 2.00 bits per heavy atom. The lowest BCUT2D eigenvalue weighted by atomic mass is 10.2. The Bertz CT molecular complexity index is 775. The molecule has 0 radical (unpaired) electrons. The van der Waals surface area contributed by atoms with Gasteiger partial charge in [0, 0.05) is 64.9 Å². The molecule has 1 fully saturated rings. The van der Waals surface area contributed by atoms with Gasteiger partial charge in [-0.3, -0.25) is 0 Å². The van der Waals surface area contributed by atoms with E-state index in [4.69, 9.17) is 4.99 Å². The first kappa shape index (κ1) is 20.2. The minimum Gasteiger partial charge on any atom is -0.357 e. The SMILES string of the molecule is CCNC(=NCc1ccnc(N2CCN(C)CC2)c1)N(C)Cc1cccn1C. The summed E-state index contributed by atoms with van der Waals surface area (Å²) >= 11 is 0. The van der Waals surface area contributed by atoms with Gasteiger partial charge < -0.3 is 24.6 Å². The number of aromatic nitrogens is 2. The van der Waals surface area contributed by atoms with Crippen LogP contribution in [0.1, 0.15) is 18.2 Å². The van der Waals surface area contributed by atoms with E-state index in [1.54, 1.807) is 0 Å². The highest BCUT2D eigenvalue weighted by Crippen LogP contribution is 2.15. The van der Waals surface area contributed by atoms with Crippen LogP contribution in [0, 0.1) is 0 Å². The van der Waals surface area contributed by atoms with Gasteiger partial charge in [-0.05, 0) is 43.8 Å². The molecule has 0 aromatic carbocycles. The number of aryl methyl sites for hydroxylation is 1. The standard InChI is InChI=1S/C21H33N7/c1-5-22-21(27(4)17-19-7-6-10-26(19)3)24-16-18-8-9-23-20(15-18)28-13-11-25(2)12-14-28/h6-10,15H,5,11-14,16-17H2,1-4H3,(H,22,24). The number of piperazine rings is 1. The van der Waals surface area contributed by atoms with Crippen LogP contribution in [-0.2, 0) is 20.1 Å². The Morgan fingerprint density at radius 1 is 1.21 bits per heavy atom. The van der Waals surface area contributed by atoms with Gasteiger partial charge in [0.05, 0.1) is 13.1 Å². The van der Waals surface area contributed by atoms with Gasteiger partial charge in [-0.25, -0.2) is 9.98 Å². The summed E-state index contributed by atoms with van der Waals surface area (Å²) < 4.78 is 2.14. The zero-order chi connectivity index (χ0) is 19.9. The molecule has 1 aliphatic heterocycles. The Kier molecular flexibility index (Phi) is 6.92. The van der Waals surface area contributed by atoms with Crippen LogP contribution < -0.4 is 10.2 Å². The van der Waals surface area contributed by atoms with E-state index in [0.717, 1.165) is 51.0 Å². The molecule has 1 saturated heterocycles. The molecule has 0 atom stereocenters. The molecule has 2 aromatic rings. The van der Waals surface area contributed by atoms with Gasteiger partial charge in [0.15, 0.2) is 5.96 Å². The quantitative estimate of drug-likeness (QED) is 0.609. The lowest BCUT2D eigenvalue weighted by Gasteiger charge is -2.33. The third-order valence-corrected chi connectivity index (χ3v) is 5.20. The molecular weight excluding hydrogens is 350 g/mol. The zero-order valence-electron chi connectivity index (χ0n) is 17.6. The maximum atomic E-state index is 4.86. The molecule has 0 unspecified atom stereocenters. The van der Waals surface area contributed by atoms with Gasteiger partial charge in [0.2, 0.25) is 0 Å². The lowest BCUT2D eigenvalue weighted by Crippen LogP contribution is -2.44. The van der Waals surface area contributed by atoms with Crippen LogP contribution in [-0.4, -0.2) is 72.1 Å². The van der Waals surface area contributed by atoms with Gasteiger partial charge in [0.1, 0.15) is 5.82 Å². The first-order valence-corrected chi connectivity index (χ1v) is 10.0. The molecule has 0 spiro atoms. The molecule has 2 aromatic heterocycles. The monoisotopic (exact) mass is 383 g/mol. The van der Waals surface area contributed by atoms with E-state index in [2.05, 4.69) is 88.1 Å². The fraction of sp³-hybridized carbons (Fsp3) is 0.524. The van der Waals surface area contributed by atoms with Crippen LogP contribution >= 0.6 is 0 Å². The van der Waals surface area contributed by atoms with Gasteiger partial charge in [0.25, 0.3) is 0 Å². The molecule has 152 valence electrons. The average molecular weight is 384 g/mol. The van der Waals surface area contributed by atoms with Gasteiger partial charge >= 0.3 is 0 Å². The van der Waals surface area contributed by atoms with Crippen molar-refractivity contribution in [2.45, 2.75) is 20.0 Å². The molecular formula is C21H33N7. The number of anilines is 1. The molecule has 0 bridgehead atoms. The summed E-state index contributed by atoms with van der Waals surface area (Å²) in [5.41, 5.74) is 2.45. The average Bonchev–Trinajstić information content (AvgIpc) is 3.10. The summed E-state index contributed by atoms with van der Waals surface area (Å²) in [6, 6.07) is 8.45. The number of nitrogens with zero attached hydrogens (tertiary/aromatic N) is 6. The fourth-order valence-corrected chi connectivity index (χ4v) is 3.38. The van der Waals surface area contributed by atoms with Crippen LogP contribution in [0.5, 0.6) is 0 Å². The number of likely N-dealkylation sites (N-methyl/N-ethyl adjacent to an activating group) is 1. The van der Waals surface area contributed by atoms with Crippen molar-refractivity contribution >= 4 is 11.8 Å². The molecule has 1 aliphatic rings. The molecule has 3 heterocycles. The van der Waals surface area contributed by atoms with E-state index in [0.29, 0.717) is 6.54 Å². The highest BCUT2D eigenvalue weighted by Gasteiger charge is 2.15. The van der Waals surface area contributed by atoms with Gasteiger partial charge in [-0.1, -0.05) is 0 Å². The Labute approximate surface area is 168 Å². The minimum atomic E-state index is 0.642. The lowest BCUT2D eigenvalue weighted by molar-refractivity contribution is 0.312. The first-order chi connectivity index (χ1) is 13.6. The normalized spacial score (nSPS) is 15.7. The summed E-state index contributed by atoms with van der Waals surface area (Å²) in [5, 5.41) is 3.40. The number of guanidine groups is 1. The summed E-state index contributed by atoms with van der Waals surface area (Å²) in [6.07, 6.45) is 3.98. The van der Waals surface area contributed by atoms with E-state index in [9.17, 15) is 0 Å². The van der Waals surface area contributed by atoms with Crippen LogP contribution in [0.25, 0.3) is 0 Å². The molecule has 0 aliphatic carbocycles. The third kappa shape index (κ3) is 5.25. The van der Waals surface area contributed by atoms with Gasteiger partial charge in [-0.2, -0.15) is 0 Å². The third-order valence-electron chi connectivity index (χ3n) is 5.20. The number of hydrogen-bond donors (Lipinski definition) is 1. The van der Waals surface area contributed by atoms with E-state index in [1.807, 2.05) is 6.20 Å². The smallest absolute Gasteiger partial charge is 0.194 e. The van der Waals surface area contributed by atoms with Crippen molar-refractivity contribution in [3.05, 3.63) is 47.9 Å². The molecule has 7 nitrogen and oxygen atoms in total. The Hall–Kier alpha value is -2.54. The second-order valence-electron chi connectivity index (χ2n) is 7.45. The summed E-state index contributed by atoms with van der Waals surface area (Å²) in [4.78, 5) is 16.3. The van der Waals surface area contributed by atoms with Crippen molar-refractivity contribution in [1.29, 1.82) is 0 Å². The van der Waals surface area contributed by atoms with Gasteiger partial charge in [-0.15, -0.1) is 0 Å². The molecule has 0 amide bonds. The van der Waals surface area contributed by atoms with E-state index >= 15 is 0 Å². The van der Waals surface area contributed by atoms with Crippen LogP contribution in [0.4, 0.5) is 5.82 Å². The second-order valence-corrected chi connectivity index (χ2v) is 7.45. The van der Waals surface area contributed by atoms with Crippen LogP contribution in [0.15, 0.2) is 41.7 Å². The number of rotatable bonds is 6. The second kappa shape index (κ2) is 9.59. The van der Waals surface area contributed by atoms with Crippen molar-refractivity contribution in [3.8, 4) is 0 Å². The Balaban J connectivity index is 1.67. The maximum absolute atomic E-state index is 4.86. The van der Waals surface area contributed by atoms with E-state index in [-0.39, 0.29) is 0 Å². The maximum Gasteiger partial charge on any atom is 0.194 e. The largest absolute Gasteiger partial charge is 0.357 e. The number of nitrogens with one attached hydrogen (secondary N) is 1. The molecule has 7 heteroatoms. The zero-order valence-corrected chi connectivity index (χ0v) is 17.6. The molecule has 3 rings (SSSR count). The Morgan fingerprint density at radius 3 is 2.68 bits per heavy atom. The minimum absolute atomic E-state index is 0.642. The summed E-state index contributed by atoms with van der Waals surface area (Å²) in [6.45, 7) is 8.62. The van der Waals surface area contributed by atoms with E-state index < -0.39 is 0 Å². The van der Waals surface area contributed by atoms with Crippen molar-refractivity contribution in [1.82, 2.24) is 24.7 Å². The number of pyridine rings is 1. The predicted molar refractivity (Wildman–Crippen MR) is 116 cm³/mol. The highest BCUT2D eigenvalue weighted by atomic mass is 15.3. The van der Waals surface area contributed by atoms with Crippen molar-refractivity contribution < 1.29 is 0 Å². The van der Waals surface area contributed by atoms with Crippen LogP contribution in [0.3, 0.4) is 0 Å². The van der Waals surface area contributed by atoms with Crippen molar-refractivity contribution in [3.63, 3.8) is 0 Å². The highest BCUT2D eigenvalue weighted by molar-refractivity contribution is 5.79.